The summed E-state index contributed by atoms with van der Waals surface area (Å²) in [4.78, 5) is 22.7. The van der Waals surface area contributed by atoms with E-state index >= 15 is 0 Å². The Balaban J connectivity index is 0. The molecule has 2 rings (SSSR count). The molecule has 2 atom stereocenters. The summed E-state index contributed by atoms with van der Waals surface area (Å²) in [5.41, 5.74) is 5.03. The molecule has 0 bridgehead atoms. The van der Waals surface area contributed by atoms with Gasteiger partial charge in [-0.25, -0.2) is 3.93 Å². The van der Waals surface area contributed by atoms with E-state index in [-0.39, 0.29) is 55.1 Å². The summed E-state index contributed by atoms with van der Waals surface area (Å²) in [6.45, 7) is 16.1. The second kappa shape index (κ2) is 9.53. The third-order valence-corrected chi connectivity index (χ3v) is 9.80. The van der Waals surface area contributed by atoms with E-state index in [4.69, 9.17) is 5.73 Å². The van der Waals surface area contributed by atoms with E-state index in [0.29, 0.717) is 5.57 Å². The molecule has 1 fully saturated rings. The lowest BCUT2D eigenvalue weighted by atomic mass is 9.82. The predicted octanol–water partition coefficient (Wildman–Crippen LogP) is 3.16. The quantitative estimate of drug-likeness (QED) is 0.316. The fourth-order valence-electron chi connectivity index (χ4n) is 3.60. The van der Waals surface area contributed by atoms with Crippen molar-refractivity contribution >= 4 is 59.7 Å². The van der Waals surface area contributed by atoms with Gasteiger partial charge in [-0.05, 0) is 55.4 Å². The zero-order valence-electron chi connectivity index (χ0n) is 17.9. The molecule has 0 saturated carbocycles. The van der Waals surface area contributed by atoms with E-state index in [1.165, 1.54) is 0 Å². The summed E-state index contributed by atoms with van der Waals surface area (Å²) >= 11 is 10.5. The number of carbonyl (C=O) groups is 2. The van der Waals surface area contributed by atoms with Crippen molar-refractivity contribution in [1.29, 1.82) is 0 Å². The van der Waals surface area contributed by atoms with Crippen LogP contribution in [0.3, 0.4) is 0 Å². The molecule has 7 nitrogen and oxygen atoms in total. The lowest BCUT2D eigenvalue weighted by Gasteiger charge is -2.52. The molecule has 10 heteroatoms. The van der Waals surface area contributed by atoms with Crippen molar-refractivity contribution in [3.05, 3.63) is 11.6 Å². The second-order valence-corrected chi connectivity index (χ2v) is 11.7. The molecule has 28 heavy (non-hydrogen) atoms. The maximum atomic E-state index is 12.0. The molecular weight excluding hydrogens is 560 g/mol. The number of amides is 1. The van der Waals surface area contributed by atoms with Crippen molar-refractivity contribution in [2.75, 3.05) is 0 Å². The van der Waals surface area contributed by atoms with Gasteiger partial charge < -0.3 is 17.4 Å². The number of hydrogen-bond donors (Lipinski definition) is 3. The summed E-state index contributed by atoms with van der Waals surface area (Å²) in [5.74, 6) is -0.131. The molecule has 0 aromatic rings. The minimum Gasteiger partial charge on any atom is -0.412 e. The number of halogens is 3. The number of ketones is 1. The summed E-state index contributed by atoms with van der Waals surface area (Å²) in [5, 5.41) is 3.31. The number of nitrogens with zero attached hydrogens (tertiary/aromatic N) is 1. The highest BCUT2D eigenvalue weighted by Crippen LogP contribution is 2.44. The Bertz CT molecular complexity index is 610. The van der Waals surface area contributed by atoms with Crippen LogP contribution < -0.4 is 17.2 Å². The number of rotatable bonds is 1. The highest BCUT2D eigenvalue weighted by molar-refractivity contribution is 9.11. The normalized spacial score (nSPS) is 29.4. The summed E-state index contributed by atoms with van der Waals surface area (Å²) in [7, 11) is 0. The fourth-order valence-corrected chi connectivity index (χ4v) is 5.85. The van der Waals surface area contributed by atoms with E-state index in [1.807, 2.05) is 61.5 Å². The number of Topliss-reactive ketones (excluding diaryl/α,β-unsaturated/α-hetero) is 1. The van der Waals surface area contributed by atoms with Gasteiger partial charge in [0, 0.05) is 43.9 Å². The maximum Gasteiger partial charge on any atom is 0.246 e. The van der Waals surface area contributed by atoms with Crippen LogP contribution in [0.1, 0.15) is 55.4 Å². The Morgan fingerprint density at radius 2 is 1.39 bits per heavy atom. The Kier molecular flexibility index (Phi) is 10.3. The molecule has 166 valence electrons. The van der Waals surface area contributed by atoms with Crippen LogP contribution in [0.25, 0.3) is 0 Å². The fraction of sp³-hybridized carbons (Fsp3) is 0.778. The number of nitrogens with two attached hydrogens (primary N) is 1. The lowest BCUT2D eigenvalue weighted by molar-refractivity contribution is -0.125. The molecule has 2 heterocycles. The van der Waals surface area contributed by atoms with Gasteiger partial charge in [0.1, 0.15) is 0 Å². The van der Waals surface area contributed by atoms with Gasteiger partial charge in [-0.15, -0.1) is 0 Å². The number of primary amides is 1. The van der Waals surface area contributed by atoms with E-state index in [2.05, 4.69) is 57.2 Å². The molecule has 0 radical (unpaired) electrons. The smallest absolute Gasteiger partial charge is 0.246 e. The monoisotopic (exact) mass is 592 g/mol. The minimum atomic E-state index is -0.335. The van der Waals surface area contributed by atoms with Crippen LogP contribution in [0.4, 0.5) is 0 Å². The van der Waals surface area contributed by atoms with Gasteiger partial charge in [-0.3, -0.25) is 14.9 Å². The van der Waals surface area contributed by atoms with Crippen molar-refractivity contribution in [2.24, 2.45) is 5.73 Å². The zero-order chi connectivity index (χ0) is 20.9. The maximum absolute atomic E-state index is 12.0. The van der Waals surface area contributed by atoms with Gasteiger partial charge >= 0.3 is 0 Å². The standard InChI is InChI=1S/C9H14Br3NO.C9H16N2O.H3N.H2O/c1-8(2)6(10)5(14)7(11)9(3,4)13(8)12;1-8(2)5-6(7(10)12)9(3,4)11-8;;/h6-7H,1-4H3;5,11H,1-4H3,(H2,10,12);1H3;1H2. The van der Waals surface area contributed by atoms with Crippen molar-refractivity contribution < 1.29 is 15.1 Å². The van der Waals surface area contributed by atoms with Gasteiger partial charge in [0.15, 0.2) is 5.78 Å². The molecule has 8 N–H and O–H groups in total. The Morgan fingerprint density at radius 3 is 1.61 bits per heavy atom. The van der Waals surface area contributed by atoms with Gasteiger partial charge in [-0.1, -0.05) is 37.9 Å². The number of hydrogen-bond acceptors (Lipinski definition) is 5. The van der Waals surface area contributed by atoms with E-state index in [0.717, 1.165) is 0 Å². The molecule has 0 aromatic heterocycles. The van der Waals surface area contributed by atoms with Crippen molar-refractivity contribution in [2.45, 2.75) is 87.2 Å². The third-order valence-electron chi connectivity index (χ3n) is 4.83. The number of piperidine rings is 1. The van der Waals surface area contributed by atoms with Crippen LogP contribution >= 0.6 is 48.0 Å². The molecular formula is C18H35Br3N4O3. The molecule has 0 aliphatic carbocycles. The van der Waals surface area contributed by atoms with E-state index in [1.54, 1.807) is 0 Å². The topological polar surface area (TPSA) is 142 Å². The van der Waals surface area contributed by atoms with Gasteiger partial charge in [0.25, 0.3) is 0 Å². The first-order chi connectivity index (χ1) is 11.4. The molecule has 2 unspecified atom stereocenters. The third kappa shape index (κ3) is 5.86. The molecule has 1 saturated heterocycles. The van der Waals surface area contributed by atoms with Crippen LogP contribution in [-0.4, -0.2) is 52.9 Å². The van der Waals surface area contributed by atoms with Gasteiger partial charge in [-0.2, -0.15) is 0 Å². The van der Waals surface area contributed by atoms with Crippen molar-refractivity contribution in [1.82, 2.24) is 15.4 Å². The van der Waals surface area contributed by atoms with Gasteiger partial charge in [0.2, 0.25) is 5.91 Å². The summed E-state index contributed by atoms with van der Waals surface area (Å²) in [6, 6.07) is 0. The Hall–Kier alpha value is 0.160. The highest BCUT2D eigenvalue weighted by atomic mass is 79.9. The molecule has 1 amide bonds. The first-order valence-corrected chi connectivity index (χ1v) is 11.0. The average Bonchev–Trinajstić information content (AvgIpc) is 2.71. The summed E-state index contributed by atoms with van der Waals surface area (Å²) in [6.07, 6.45) is 1.90. The van der Waals surface area contributed by atoms with E-state index < -0.39 is 0 Å². The molecule has 2 aliphatic rings. The first kappa shape index (κ1) is 30.4. The SMILES string of the molecule is CC1(C)C(Br)C(=O)C(Br)C(C)(C)N1Br.CC1(C)C=C(C(N)=O)C(C)(C)N1.N.O. The van der Waals surface area contributed by atoms with Gasteiger partial charge in [0.05, 0.1) is 9.65 Å². The molecule has 0 aromatic carbocycles. The predicted molar refractivity (Wildman–Crippen MR) is 127 cm³/mol. The number of nitrogens with one attached hydrogen (secondary N) is 1. The van der Waals surface area contributed by atoms with Crippen LogP contribution in [0.2, 0.25) is 0 Å². The minimum absolute atomic E-state index is 0. The average molecular weight is 595 g/mol. The Morgan fingerprint density at radius 1 is 1.04 bits per heavy atom. The largest absolute Gasteiger partial charge is 0.412 e. The van der Waals surface area contributed by atoms with E-state index in [9.17, 15) is 9.59 Å². The second-order valence-electron chi connectivity index (χ2n) is 9.11. The van der Waals surface area contributed by atoms with Crippen LogP contribution in [0.5, 0.6) is 0 Å². The molecule has 0 spiro atoms. The highest BCUT2D eigenvalue weighted by Gasteiger charge is 2.54. The van der Waals surface area contributed by atoms with Crippen LogP contribution in [-0.2, 0) is 9.59 Å². The molecule has 2 aliphatic heterocycles. The van der Waals surface area contributed by atoms with Crippen LogP contribution in [0, 0.1) is 0 Å². The first-order valence-electron chi connectivity index (χ1n) is 8.48. The number of alkyl halides is 2. The Labute approximate surface area is 194 Å². The van der Waals surface area contributed by atoms with Crippen LogP contribution in [0.15, 0.2) is 11.6 Å². The summed E-state index contributed by atoms with van der Waals surface area (Å²) < 4.78 is 2.06. The number of carbonyl (C=O) groups excluding carboxylic acids is 2. The van der Waals surface area contributed by atoms with Crippen molar-refractivity contribution in [3.63, 3.8) is 0 Å². The zero-order valence-corrected chi connectivity index (χ0v) is 22.7. The van der Waals surface area contributed by atoms with Crippen molar-refractivity contribution in [3.8, 4) is 0 Å². The lowest BCUT2D eigenvalue weighted by Crippen LogP contribution is -2.67.